The molecule has 0 aliphatic heterocycles. The molecule has 4 nitrogen and oxygen atoms in total. The van der Waals surface area contributed by atoms with E-state index in [-0.39, 0.29) is 17.4 Å². The number of pyridine rings is 1. The molecule has 1 aromatic carbocycles. The quantitative estimate of drug-likeness (QED) is 0.764. The zero-order valence-corrected chi connectivity index (χ0v) is 13.9. The Bertz CT molecular complexity index is 895. The van der Waals surface area contributed by atoms with E-state index in [9.17, 15) is 9.59 Å². The standard InChI is InChI=1S/C18H18N2O2S/c1-11(2)15-10-18(22)20-16-8-12(5-6-14(15)16)19-17(21)9-13-4-3-7-23-13/h3-8,10-11H,9H2,1-2H3,(H,19,21)(H,20,22). The predicted octanol–water partition coefficient (Wildman–Crippen LogP) is 3.89. The second-order valence-corrected chi connectivity index (χ2v) is 6.84. The van der Waals surface area contributed by atoms with Gasteiger partial charge in [-0.3, -0.25) is 9.59 Å². The first-order chi connectivity index (χ1) is 11.0. The molecule has 1 amide bonds. The maximum Gasteiger partial charge on any atom is 0.248 e. The first kappa shape index (κ1) is 15.5. The van der Waals surface area contributed by atoms with Crippen molar-refractivity contribution in [3.63, 3.8) is 0 Å². The normalized spacial score (nSPS) is 11.1. The molecule has 0 aliphatic rings. The number of fused-ring (bicyclic) bond motifs is 1. The van der Waals surface area contributed by atoms with Gasteiger partial charge in [0.05, 0.1) is 11.9 Å². The molecule has 2 N–H and O–H groups in total. The number of aromatic nitrogens is 1. The van der Waals surface area contributed by atoms with Crippen LogP contribution in [0.4, 0.5) is 5.69 Å². The van der Waals surface area contributed by atoms with Crippen LogP contribution in [0.15, 0.2) is 46.6 Å². The minimum absolute atomic E-state index is 0.0610. The molecule has 0 saturated heterocycles. The summed E-state index contributed by atoms with van der Waals surface area (Å²) in [4.78, 5) is 27.8. The highest BCUT2D eigenvalue weighted by molar-refractivity contribution is 7.10. The number of carbonyl (C=O) groups excluding carboxylic acids is 1. The molecule has 23 heavy (non-hydrogen) atoms. The highest BCUT2D eigenvalue weighted by Gasteiger charge is 2.09. The molecule has 3 rings (SSSR count). The van der Waals surface area contributed by atoms with Gasteiger partial charge in [-0.25, -0.2) is 0 Å². The van der Waals surface area contributed by atoms with Crippen LogP contribution in [0.25, 0.3) is 10.9 Å². The van der Waals surface area contributed by atoms with Crippen LogP contribution in [0.3, 0.4) is 0 Å². The lowest BCUT2D eigenvalue weighted by atomic mass is 9.99. The van der Waals surface area contributed by atoms with E-state index in [4.69, 9.17) is 0 Å². The van der Waals surface area contributed by atoms with Gasteiger partial charge < -0.3 is 10.3 Å². The Balaban J connectivity index is 1.88. The van der Waals surface area contributed by atoms with Gasteiger partial charge in [0.2, 0.25) is 11.5 Å². The van der Waals surface area contributed by atoms with Gasteiger partial charge in [-0.05, 0) is 35.1 Å². The van der Waals surface area contributed by atoms with Crippen LogP contribution >= 0.6 is 11.3 Å². The van der Waals surface area contributed by atoms with Crippen LogP contribution in [0.5, 0.6) is 0 Å². The summed E-state index contributed by atoms with van der Waals surface area (Å²) < 4.78 is 0. The minimum Gasteiger partial charge on any atom is -0.326 e. The Morgan fingerprint density at radius 1 is 1.26 bits per heavy atom. The van der Waals surface area contributed by atoms with E-state index >= 15 is 0 Å². The third-order valence-corrected chi connectivity index (χ3v) is 4.57. The molecule has 5 heteroatoms. The Kier molecular flexibility index (Phi) is 4.30. The smallest absolute Gasteiger partial charge is 0.248 e. The first-order valence-electron chi connectivity index (χ1n) is 7.52. The Morgan fingerprint density at radius 2 is 2.09 bits per heavy atom. The maximum absolute atomic E-state index is 12.1. The number of hydrogen-bond donors (Lipinski definition) is 2. The predicted molar refractivity (Wildman–Crippen MR) is 95.3 cm³/mol. The van der Waals surface area contributed by atoms with E-state index in [0.717, 1.165) is 21.3 Å². The van der Waals surface area contributed by atoms with Crippen molar-refractivity contribution in [2.75, 3.05) is 5.32 Å². The van der Waals surface area contributed by atoms with Gasteiger partial charge in [-0.15, -0.1) is 11.3 Å². The average Bonchev–Trinajstić information content (AvgIpc) is 2.98. The number of anilines is 1. The van der Waals surface area contributed by atoms with Gasteiger partial charge in [0.25, 0.3) is 0 Å². The summed E-state index contributed by atoms with van der Waals surface area (Å²) >= 11 is 1.56. The van der Waals surface area contributed by atoms with Crippen LogP contribution in [-0.2, 0) is 11.2 Å². The third kappa shape index (κ3) is 3.51. The van der Waals surface area contributed by atoms with Gasteiger partial charge in [0.1, 0.15) is 0 Å². The number of benzene rings is 1. The van der Waals surface area contributed by atoms with Crippen molar-refractivity contribution in [1.29, 1.82) is 0 Å². The molecular weight excluding hydrogens is 308 g/mol. The third-order valence-electron chi connectivity index (χ3n) is 3.70. The van der Waals surface area contributed by atoms with E-state index in [1.54, 1.807) is 17.4 Å². The van der Waals surface area contributed by atoms with Crippen molar-refractivity contribution in [3.8, 4) is 0 Å². The highest BCUT2D eigenvalue weighted by atomic mass is 32.1. The number of carbonyl (C=O) groups is 1. The Labute approximate surface area is 138 Å². The number of H-pyrrole nitrogens is 1. The van der Waals surface area contributed by atoms with Crippen molar-refractivity contribution in [3.05, 3.63) is 62.6 Å². The number of thiophene rings is 1. The van der Waals surface area contributed by atoms with Gasteiger partial charge in [0.15, 0.2) is 0 Å². The molecule has 0 unspecified atom stereocenters. The summed E-state index contributed by atoms with van der Waals surface area (Å²) in [5, 5.41) is 5.85. The van der Waals surface area contributed by atoms with E-state index in [1.807, 2.05) is 35.7 Å². The fraction of sp³-hybridized carbons (Fsp3) is 0.222. The van der Waals surface area contributed by atoms with Crippen LogP contribution in [-0.4, -0.2) is 10.9 Å². The van der Waals surface area contributed by atoms with Gasteiger partial charge in [-0.2, -0.15) is 0 Å². The number of rotatable bonds is 4. The van der Waals surface area contributed by atoms with Gasteiger partial charge in [0, 0.05) is 22.0 Å². The van der Waals surface area contributed by atoms with E-state index in [2.05, 4.69) is 24.1 Å². The molecular formula is C18H18N2O2S. The van der Waals surface area contributed by atoms with Crippen molar-refractivity contribution < 1.29 is 4.79 Å². The number of nitrogens with one attached hydrogen (secondary N) is 2. The molecule has 2 aromatic heterocycles. The summed E-state index contributed by atoms with van der Waals surface area (Å²) in [6, 6.07) is 11.1. The second-order valence-electron chi connectivity index (χ2n) is 5.81. The molecule has 0 atom stereocenters. The molecule has 0 fully saturated rings. The van der Waals surface area contributed by atoms with E-state index in [0.29, 0.717) is 12.1 Å². The molecule has 3 aromatic rings. The summed E-state index contributed by atoms with van der Waals surface area (Å²) in [7, 11) is 0. The minimum atomic E-state index is -0.122. The van der Waals surface area contributed by atoms with Crippen LogP contribution in [0.1, 0.15) is 30.2 Å². The second kappa shape index (κ2) is 6.38. The van der Waals surface area contributed by atoms with Gasteiger partial charge in [-0.1, -0.05) is 26.0 Å². The Morgan fingerprint density at radius 3 is 2.78 bits per heavy atom. The summed E-state index contributed by atoms with van der Waals surface area (Å²) in [5.41, 5.74) is 2.33. The summed E-state index contributed by atoms with van der Waals surface area (Å²) in [5.74, 6) is 0.202. The molecule has 0 spiro atoms. The van der Waals surface area contributed by atoms with Crippen LogP contribution in [0.2, 0.25) is 0 Å². The lowest BCUT2D eigenvalue weighted by Crippen LogP contribution is -2.14. The van der Waals surface area contributed by atoms with E-state index in [1.165, 1.54) is 0 Å². The van der Waals surface area contributed by atoms with Crippen molar-refractivity contribution >= 4 is 33.8 Å². The van der Waals surface area contributed by atoms with Crippen molar-refractivity contribution in [1.82, 2.24) is 4.98 Å². The summed E-state index contributed by atoms with van der Waals surface area (Å²) in [6.45, 7) is 4.12. The van der Waals surface area contributed by atoms with Crippen LogP contribution in [0, 0.1) is 0 Å². The molecule has 0 aliphatic carbocycles. The fourth-order valence-corrected chi connectivity index (χ4v) is 3.32. The molecule has 0 radical (unpaired) electrons. The zero-order valence-electron chi connectivity index (χ0n) is 13.1. The SMILES string of the molecule is CC(C)c1cc(=O)[nH]c2cc(NC(=O)Cc3cccs3)ccc12. The molecule has 118 valence electrons. The molecule has 0 bridgehead atoms. The maximum atomic E-state index is 12.1. The highest BCUT2D eigenvalue weighted by Crippen LogP contribution is 2.25. The zero-order chi connectivity index (χ0) is 16.4. The molecule has 0 saturated carbocycles. The first-order valence-corrected chi connectivity index (χ1v) is 8.40. The summed E-state index contributed by atoms with van der Waals surface area (Å²) in [6.07, 6.45) is 0.359. The number of hydrogen-bond acceptors (Lipinski definition) is 3. The van der Waals surface area contributed by atoms with Crippen molar-refractivity contribution in [2.45, 2.75) is 26.2 Å². The average molecular weight is 326 g/mol. The monoisotopic (exact) mass is 326 g/mol. The molecule has 2 heterocycles. The van der Waals surface area contributed by atoms with E-state index < -0.39 is 0 Å². The van der Waals surface area contributed by atoms with Crippen LogP contribution < -0.4 is 10.9 Å². The topological polar surface area (TPSA) is 62.0 Å². The largest absolute Gasteiger partial charge is 0.326 e. The fourth-order valence-electron chi connectivity index (χ4n) is 2.62. The van der Waals surface area contributed by atoms with Crippen molar-refractivity contribution in [2.24, 2.45) is 0 Å². The number of amides is 1. The number of aromatic amines is 1. The Hall–Kier alpha value is -2.40. The van der Waals surface area contributed by atoms with Gasteiger partial charge >= 0.3 is 0 Å². The lowest BCUT2D eigenvalue weighted by Gasteiger charge is -2.11. The lowest BCUT2D eigenvalue weighted by molar-refractivity contribution is -0.115.